The number of nitrogens with two attached hydrogens (primary N) is 1. The van der Waals surface area contributed by atoms with Gasteiger partial charge in [-0.2, -0.15) is 5.26 Å². The summed E-state index contributed by atoms with van der Waals surface area (Å²) >= 11 is 1.22. The quantitative estimate of drug-likeness (QED) is 0.777. The zero-order chi connectivity index (χ0) is 16.5. The molecule has 6 nitrogen and oxygen atoms in total. The number of benzene rings is 2. The van der Waals surface area contributed by atoms with E-state index < -0.39 is 0 Å². The molecule has 1 aliphatic heterocycles. The lowest BCUT2D eigenvalue weighted by Gasteiger charge is -2.31. The second-order valence-corrected chi connectivity index (χ2v) is 6.04. The van der Waals surface area contributed by atoms with Crippen molar-refractivity contribution in [1.82, 2.24) is 14.9 Å². The molecule has 0 fully saturated rings. The van der Waals surface area contributed by atoms with E-state index in [0.717, 1.165) is 11.3 Å². The van der Waals surface area contributed by atoms with Gasteiger partial charge < -0.3 is 5.73 Å². The highest BCUT2D eigenvalue weighted by Gasteiger charge is 2.30. The predicted octanol–water partition coefficient (Wildman–Crippen LogP) is 2.97. The Morgan fingerprint density at radius 3 is 2.29 bits per heavy atom. The molecule has 0 saturated heterocycles. The van der Waals surface area contributed by atoms with Crippen LogP contribution in [0.15, 0.2) is 76.5 Å². The Balaban J connectivity index is 1.95. The maximum Gasteiger partial charge on any atom is 0.216 e. The number of rotatable bonds is 2. The Bertz CT molecular complexity index is 956. The first kappa shape index (κ1) is 14.4. The molecule has 0 unspecified atom stereocenters. The second kappa shape index (κ2) is 5.76. The second-order valence-electron chi connectivity index (χ2n) is 5.06. The van der Waals surface area contributed by atoms with Crippen LogP contribution in [0.1, 0.15) is 0 Å². The predicted molar refractivity (Wildman–Crippen MR) is 92.5 cm³/mol. The van der Waals surface area contributed by atoms with Gasteiger partial charge >= 0.3 is 0 Å². The van der Waals surface area contributed by atoms with E-state index in [1.165, 1.54) is 11.8 Å². The van der Waals surface area contributed by atoms with Gasteiger partial charge in [0.25, 0.3) is 0 Å². The van der Waals surface area contributed by atoms with Crippen molar-refractivity contribution >= 4 is 17.4 Å². The molecule has 3 aromatic rings. The molecule has 4 rings (SSSR count). The molecule has 2 aromatic carbocycles. The average molecular weight is 332 g/mol. The van der Waals surface area contributed by atoms with Crippen LogP contribution in [0.25, 0.3) is 11.4 Å². The minimum Gasteiger partial charge on any atom is -0.382 e. The molecular formula is C17H12N6S. The maximum absolute atomic E-state index is 9.38. The lowest BCUT2D eigenvalue weighted by molar-refractivity contribution is 0.685. The Kier molecular flexibility index (Phi) is 3.44. The van der Waals surface area contributed by atoms with Gasteiger partial charge in [0.2, 0.25) is 5.16 Å². The SMILES string of the molecule is N#CC1=C(N)N(c2ccccc2)n2c(nnc2-c2ccccc2)S1. The molecule has 7 heteroatoms. The molecular weight excluding hydrogens is 320 g/mol. The molecule has 116 valence electrons. The standard InChI is InChI=1S/C17H12N6S/c18-11-14-15(19)22(13-9-5-2-6-10-13)23-16(20-21-17(23)24-14)12-7-3-1-4-8-12/h1-10H,19H2. The highest BCUT2D eigenvalue weighted by Crippen LogP contribution is 2.37. The van der Waals surface area contributed by atoms with E-state index in [1.54, 1.807) is 5.01 Å². The van der Waals surface area contributed by atoms with Crippen LogP contribution in [0.2, 0.25) is 0 Å². The van der Waals surface area contributed by atoms with Crippen molar-refractivity contribution in [2.75, 3.05) is 5.01 Å². The molecule has 0 spiro atoms. The van der Waals surface area contributed by atoms with Crippen LogP contribution in [0.3, 0.4) is 0 Å². The Hall–Kier alpha value is -3.24. The van der Waals surface area contributed by atoms with Gasteiger partial charge in [0.1, 0.15) is 16.8 Å². The summed E-state index contributed by atoms with van der Waals surface area (Å²) in [6, 6.07) is 21.5. The largest absolute Gasteiger partial charge is 0.382 e. The number of fused-ring (bicyclic) bond motifs is 1. The van der Waals surface area contributed by atoms with Gasteiger partial charge in [0.05, 0.1) is 5.69 Å². The van der Waals surface area contributed by atoms with Crippen molar-refractivity contribution in [3.8, 4) is 17.5 Å². The summed E-state index contributed by atoms with van der Waals surface area (Å²) < 4.78 is 1.84. The summed E-state index contributed by atoms with van der Waals surface area (Å²) in [4.78, 5) is 0.401. The first-order valence-electron chi connectivity index (χ1n) is 7.23. The number of hydrogen-bond donors (Lipinski definition) is 1. The van der Waals surface area contributed by atoms with Crippen LogP contribution < -0.4 is 10.7 Å². The van der Waals surface area contributed by atoms with Crippen molar-refractivity contribution in [2.24, 2.45) is 5.73 Å². The summed E-state index contributed by atoms with van der Waals surface area (Å²) in [7, 11) is 0. The molecule has 0 aliphatic carbocycles. The van der Waals surface area contributed by atoms with Crippen molar-refractivity contribution in [1.29, 1.82) is 5.26 Å². The van der Waals surface area contributed by atoms with Crippen molar-refractivity contribution in [3.63, 3.8) is 0 Å². The first-order valence-corrected chi connectivity index (χ1v) is 8.05. The fourth-order valence-electron chi connectivity index (χ4n) is 2.53. The number of thioether (sulfide) groups is 1. The highest BCUT2D eigenvalue weighted by atomic mass is 32.2. The summed E-state index contributed by atoms with van der Waals surface area (Å²) in [5.74, 6) is 1.03. The zero-order valence-electron chi connectivity index (χ0n) is 12.5. The lowest BCUT2D eigenvalue weighted by Crippen LogP contribution is -2.37. The van der Waals surface area contributed by atoms with Gasteiger partial charge in [-0.15, -0.1) is 10.2 Å². The van der Waals surface area contributed by atoms with Crippen LogP contribution in [0.5, 0.6) is 0 Å². The van der Waals surface area contributed by atoms with Crippen LogP contribution in [-0.4, -0.2) is 14.9 Å². The van der Waals surface area contributed by atoms with Gasteiger partial charge in [-0.1, -0.05) is 48.5 Å². The van der Waals surface area contributed by atoms with E-state index in [9.17, 15) is 5.26 Å². The third-order valence-corrected chi connectivity index (χ3v) is 4.54. The molecule has 2 heterocycles. The van der Waals surface area contributed by atoms with Crippen molar-refractivity contribution < 1.29 is 0 Å². The Morgan fingerprint density at radius 1 is 0.958 bits per heavy atom. The van der Waals surface area contributed by atoms with E-state index in [2.05, 4.69) is 16.3 Å². The first-order chi connectivity index (χ1) is 11.8. The lowest BCUT2D eigenvalue weighted by atomic mass is 10.2. The highest BCUT2D eigenvalue weighted by molar-refractivity contribution is 8.03. The minimum absolute atomic E-state index is 0.359. The topological polar surface area (TPSA) is 83.8 Å². The fraction of sp³-hybridized carbons (Fsp3) is 0. The Labute approximate surface area is 142 Å². The summed E-state index contributed by atoms with van der Waals surface area (Å²) in [5, 5.41) is 20.3. The zero-order valence-corrected chi connectivity index (χ0v) is 13.3. The van der Waals surface area contributed by atoms with Gasteiger partial charge in [0.15, 0.2) is 5.82 Å². The molecule has 0 saturated carbocycles. The number of nitrogens with zero attached hydrogens (tertiary/aromatic N) is 5. The summed E-state index contributed by atoms with van der Waals surface area (Å²) in [6.07, 6.45) is 0. The molecule has 0 amide bonds. The van der Waals surface area contributed by atoms with E-state index in [1.807, 2.05) is 65.3 Å². The molecule has 0 bridgehead atoms. The molecule has 1 aromatic heterocycles. The summed E-state index contributed by atoms with van der Waals surface area (Å²) in [5.41, 5.74) is 8.03. The van der Waals surface area contributed by atoms with Crippen molar-refractivity contribution in [3.05, 3.63) is 71.4 Å². The number of anilines is 1. The molecule has 1 aliphatic rings. The molecule has 0 radical (unpaired) electrons. The van der Waals surface area contributed by atoms with Crippen molar-refractivity contribution in [2.45, 2.75) is 5.16 Å². The van der Waals surface area contributed by atoms with Crippen LogP contribution in [0, 0.1) is 11.3 Å². The minimum atomic E-state index is 0.359. The smallest absolute Gasteiger partial charge is 0.216 e. The number of allylic oxidation sites excluding steroid dienone is 1. The van der Waals surface area contributed by atoms with E-state index in [0.29, 0.717) is 21.7 Å². The molecule has 0 atom stereocenters. The van der Waals surface area contributed by atoms with Crippen LogP contribution >= 0.6 is 11.8 Å². The monoisotopic (exact) mass is 332 g/mol. The number of para-hydroxylation sites is 1. The third-order valence-electron chi connectivity index (χ3n) is 3.60. The van der Waals surface area contributed by atoms with Crippen LogP contribution in [-0.2, 0) is 0 Å². The number of aromatic nitrogens is 3. The van der Waals surface area contributed by atoms with Gasteiger partial charge in [0, 0.05) is 5.56 Å². The van der Waals surface area contributed by atoms with Gasteiger partial charge in [-0.3, -0.25) is 0 Å². The van der Waals surface area contributed by atoms with Gasteiger partial charge in [-0.05, 0) is 23.9 Å². The maximum atomic E-state index is 9.38. The van der Waals surface area contributed by atoms with E-state index in [4.69, 9.17) is 5.73 Å². The summed E-state index contributed by atoms with van der Waals surface area (Å²) in [6.45, 7) is 0. The third kappa shape index (κ3) is 2.21. The fourth-order valence-corrected chi connectivity index (χ4v) is 3.28. The molecule has 24 heavy (non-hydrogen) atoms. The van der Waals surface area contributed by atoms with Crippen LogP contribution in [0.4, 0.5) is 5.69 Å². The average Bonchev–Trinajstić information content (AvgIpc) is 3.06. The number of nitriles is 1. The van der Waals surface area contributed by atoms with Gasteiger partial charge in [-0.25, -0.2) is 9.69 Å². The number of hydrogen-bond acceptors (Lipinski definition) is 6. The van der Waals surface area contributed by atoms with E-state index in [-0.39, 0.29) is 0 Å². The Morgan fingerprint density at radius 2 is 1.62 bits per heavy atom. The normalized spacial score (nSPS) is 13.5. The van der Waals surface area contributed by atoms with E-state index >= 15 is 0 Å². The molecule has 2 N–H and O–H groups in total.